The van der Waals surface area contributed by atoms with E-state index in [0.29, 0.717) is 6.61 Å². The van der Waals surface area contributed by atoms with E-state index in [2.05, 4.69) is 22.1 Å². The minimum Gasteiger partial charge on any atom is -0.463 e. The molecule has 0 radical (unpaired) electrons. The number of imidazole rings is 1. The van der Waals surface area contributed by atoms with E-state index >= 15 is 0 Å². The van der Waals surface area contributed by atoms with Gasteiger partial charge >= 0.3 is 5.97 Å². The number of rotatable bonds is 5. The molecule has 0 spiro atoms. The summed E-state index contributed by atoms with van der Waals surface area (Å²) < 4.78 is 4.84. The molecule has 0 amide bonds. The zero-order chi connectivity index (χ0) is 14.4. The Morgan fingerprint density at radius 3 is 2.80 bits per heavy atom. The summed E-state index contributed by atoms with van der Waals surface area (Å²) in [6.45, 7) is 4.10. The van der Waals surface area contributed by atoms with Gasteiger partial charge in [0, 0.05) is 18.2 Å². The zero-order valence-corrected chi connectivity index (χ0v) is 11.7. The van der Waals surface area contributed by atoms with Crippen molar-refractivity contribution in [1.29, 1.82) is 0 Å². The second-order valence-corrected chi connectivity index (χ2v) is 4.44. The van der Waals surface area contributed by atoms with Crippen LogP contribution in [0.3, 0.4) is 0 Å². The van der Waals surface area contributed by atoms with Gasteiger partial charge in [0.1, 0.15) is 5.82 Å². The summed E-state index contributed by atoms with van der Waals surface area (Å²) in [5, 5.41) is 0. The highest BCUT2D eigenvalue weighted by atomic mass is 16.5. The lowest BCUT2D eigenvalue weighted by atomic mass is 10.1. The van der Waals surface area contributed by atoms with Gasteiger partial charge in [-0.25, -0.2) is 9.78 Å². The Bertz CT molecular complexity index is 600. The minimum atomic E-state index is -0.348. The standard InChI is InChI=1S/C16H18N2O2/c1-3-20-16(19)10-9-14-12(2)17-15(18-14)11-13-7-5-4-6-8-13/h4-10H,3,11H2,1-2H3,(H,17,18). The number of aromatic nitrogens is 2. The molecule has 4 nitrogen and oxygen atoms in total. The number of carbonyl (C=O) groups is 1. The molecule has 0 saturated heterocycles. The van der Waals surface area contributed by atoms with Gasteiger partial charge in [-0.3, -0.25) is 0 Å². The van der Waals surface area contributed by atoms with Gasteiger partial charge in [0.05, 0.1) is 12.3 Å². The predicted molar refractivity (Wildman–Crippen MR) is 78.2 cm³/mol. The van der Waals surface area contributed by atoms with Crippen LogP contribution in [0.5, 0.6) is 0 Å². The third kappa shape index (κ3) is 3.82. The van der Waals surface area contributed by atoms with Gasteiger partial charge in [-0.05, 0) is 25.5 Å². The van der Waals surface area contributed by atoms with E-state index in [-0.39, 0.29) is 5.97 Å². The molecule has 0 bridgehead atoms. The number of aromatic amines is 1. The second-order valence-electron chi connectivity index (χ2n) is 4.44. The molecule has 0 fully saturated rings. The molecular formula is C16H18N2O2. The van der Waals surface area contributed by atoms with Crippen LogP contribution in [0.1, 0.15) is 29.7 Å². The van der Waals surface area contributed by atoms with E-state index in [4.69, 9.17) is 4.74 Å². The molecule has 0 aliphatic carbocycles. The minimum absolute atomic E-state index is 0.348. The van der Waals surface area contributed by atoms with E-state index < -0.39 is 0 Å². The SMILES string of the molecule is CCOC(=O)C=Cc1nc(Cc2ccccc2)[nH]c1C. The second kappa shape index (κ2) is 6.70. The number of ether oxygens (including phenoxy) is 1. The van der Waals surface area contributed by atoms with E-state index in [1.807, 2.05) is 25.1 Å². The first-order valence-electron chi connectivity index (χ1n) is 6.63. The monoisotopic (exact) mass is 270 g/mol. The van der Waals surface area contributed by atoms with Crippen LogP contribution in [0.15, 0.2) is 36.4 Å². The predicted octanol–water partition coefficient (Wildman–Crippen LogP) is 2.89. The quantitative estimate of drug-likeness (QED) is 0.671. The van der Waals surface area contributed by atoms with Crippen molar-refractivity contribution in [2.45, 2.75) is 20.3 Å². The summed E-state index contributed by atoms with van der Waals surface area (Å²) in [5.41, 5.74) is 2.91. The maximum Gasteiger partial charge on any atom is 0.330 e. The number of benzene rings is 1. The fourth-order valence-electron chi connectivity index (χ4n) is 1.91. The van der Waals surface area contributed by atoms with Crippen LogP contribution in [-0.2, 0) is 16.0 Å². The highest BCUT2D eigenvalue weighted by Gasteiger charge is 2.05. The first-order chi connectivity index (χ1) is 9.69. The molecule has 4 heteroatoms. The Kier molecular flexibility index (Phi) is 4.71. The van der Waals surface area contributed by atoms with Crippen LogP contribution in [-0.4, -0.2) is 22.5 Å². The molecule has 1 aromatic carbocycles. The molecule has 0 unspecified atom stereocenters. The number of hydrogen-bond donors (Lipinski definition) is 1. The van der Waals surface area contributed by atoms with Gasteiger partial charge in [0.15, 0.2) is 0 Å². The maximum absolute atomic E-state index is 11.3. The fourth-order valence-corrected chi connectivity index (χ4v) is 1.91. The van der Waals surface area contributed by atoms with Crippen LogP contribution < -0.4 is 0 Å². The molecule has 20 heavy (non-hydrogen) atoms. The Balaban J connectivity index is 2.08. The highest BCUT2D eigenvalue weighted by Crippen LogP contribution is 2.11. The van der Waals surface area contributed by atoms with Crippen molar-refractivity contribution >= 4 is 12.0 Å². The molecule has 1 N–H and O–H groups in total. The number of esters is 1. The van der Waals surface area contributed by atoms with Crippen molar-refractivity contribution in [1.82, 2.24) is 9.97 Å². The first-order valence-corrected chi connectivity index (χ1v) is 6.63. The van der Waals surface area contributed by atoms with Gasteiger partial charge in [0.2, 0.25) is 0 Å². The summed E-state index contributed by atoms with van der Waals surface area (Å²) in [4.78, 5) is 19.0. The average molecular weight is 270 g/mol. The van der Waals surface area contributed by atoms with Crippen LogP contribution in [0.25, 0.3) is 6.08 Å². The van der Waals surface area contributed by atoms with Crippen LogP contribution in [0.4, 0.5) is 0 Å². The molecule has 1 heterocycles. The lowest BCUT2D eigenvalue weighted by molar-refractivity contribution is -0.137. The third-order valence-electron chi connectivity index (χ3n) is 2.85. The summed E-state index contributed by atoms with van der Waals surface area (Å²) in [6, 6.07) is 10.1. The molecule has 0 atom stereocenters. The highest BCUT2D eigenvalue weighted by molar-refractivity contribution is 5.86. The van der Waals surface area contributed by atoms with Crippen LogP contribution in [0, 0.1) is 6.92 Å². The van der Waals surface area contributed by atoms with Crippen molar-refractivity contribution in [3.63, 3.8) is 0 Å². The molecule has 1 aromatic heterocycles. The van der Waals surface area contributed by atoms with Crippen molar-refractivity contribution < 1.29 is 9.53 Å². The van der Waals surface area contributed by atoms with Gasteiger partial charge in [-0.2, -0.15) is 0 Å². The Morgan fingerprint density at radius 2 is 2.10 bits per heavy atom. The summed E-state index contributed by atoms with van der Waals surface area (Å²) in [6.07, 6.45) is 3.83. The van der Waals surface area contributed by atoms with Crippen LogP contribution >= 0.6 is 0 Å². The fraction of sp³-hybridized carbons (Fsp3) is 0.250. The van der Waals surface area contributed by atoms with E-state index in [1.54, 1.807) is 13.0 Å². The lowest BCUT2D eigenvalue weighted by Crippen LogP contribution is -1.98. The zero-order valence-electron chi connectivity index (χ0n) is 11.7. The summed E-state index contributed by atoms with van der Waals surface area (Å²) in [5.74, 6) is 0.539. The van der Waals surface area contributed by atoms with E-state index in [0.717, 1.165) is 23.6 Å². The lowest BCUT2D eigenvalue weighted by Gasteiger charge is -1.96. The number of carbonyl (C=O) groups excluding carboxylic acids is 1. The van der Waals surface area contributed by atoms with E-state index in [9.17, 15) is 4.79 Å². The molecule has 104 valence electrons. The largest absolute Gasteiger partial charge is 0.463 e. The first kappa shape index (κ1) is 14.1. The van der Waals surface area contributed by atoms with Gasteiger partial charge in [-0.15, -0.1) is 0 Å². The Morgan fingerprint density at radius 1 is 1.35 bits per heavy atom. The third-order valence-corrected chi connectivity index (χ3v) is 2.85. The average Bonchev–Trinajstić information content (AvgIpc) is 2.78. The molecular weight excluding hydrogens is 252 g/mol. The normalized spacial score (nSPS) is 10.9. The molecule has 0 aliphatic heterocycles. The number of hydrogen-bond acceptors (Lipinski definition) is 3. The molecule has 0 saturated carbocycles. The van der Waals surface area contributed by atoms with Crippen molar-refractivity contribution in [3.05, 3.63) is 59.2 Å². The van der Waals surface area contributed by atoms with Crippen molar-refractivity contribution in [3.8, 4) is 0 Å². The van der Waals surface area contributed by atoms with Crippen LogP contribution in [0.2, 0.25) is 0 Å². The number of nitrogens with zero attached hydrogens (tertiary/aromatic N) is 1. The van der Waals surface area contributed by atoms with Gasteiger partial charge < -0.3 is 9.72 Å². The summed E-state index contributed by atoms with van der Waals surface area (Å²) in [7, 11) is 0. The number of aryl methyl sites for hydroxylation is 1. The summed E-state index contributed by atoms with van der Waals surface area (Å²) >= 11 is 0. The van der Waals surface area contributed by atoms with Gasteiger partial charge in [-0.1, -0.05) is 30.3 Å². The Labute approximate surface area is 118 Å². The smallest absolute Gasteiger partial charge is 0.330 e. The van der Waals surface area contributed by atoms with Gasteiger partial charge in [0.25, 0.3) is 0 Å². The van der Waals surface area contributed by atoms with Crippen molar-refractivity contribution in [2.75, 3.05) is 6.61 Å². The number of nitrogens with one attached hydrogen (secondary N) is 1. The maximum atomic E-state index is 11.3. The molecule has 2 rings (SSSR count). The Hall–Kier alpha value is -2.36. The topological polar surface area (TPSA) is 55.0 Å². The molecule has 0 aliphatic rings. The van der Waals surface area contributed by atoms with Crippen molar-refractivity contribution in [2.24, 2.45) is 0 Å². The van der Waals surface area contributed by atoms with E-state index in [1.165, 1.54) is 11.6 Å². The molecule has 2 aromatic rings. The number of H-pyrrole nitrogens is 1.